The van der Waals surface area contributed by atoms with E-state index in [2.05, 4.69) is 6.58 Å². The summed E-state index contributed by atoms with van der Waals surface area (Å²) >= 11 is 0. The highest BCUT2D eigenvalue weighted by molar-refractivity contribution is 5.97. The van der Waals surface area contributed by atoms with E-state index in [1.165, 1.54) is 6.08 Å². The van der Waals surface area contributed by atoms with Crippen molar-refractivity contribution in [2.45, 2.75) is 50.0 Å². The molecular formula is C54H50N2O10. The molecule has 1 N–H and O–H groups in total. The maximum absolute atomic E-state index is 13.5. The summed E-state index contributed by atoms with van der Waals surface area (Å²) in [5.41, 5.74) is 7.78. The minimum absolute atomic E-state index is 0.0616. The lowest BCUT2D eigenvalue weighted by Crippen LogP contribution is -2.47. The van der Waals surface area contributed by atoms with E-state index >= 15 is 0 Å². The molecule has 0 radical (unpaired) electrons. The van der Waals surface area contributed by atoms with Gasteiger partial charge in [0.1, 0.15) is 25.9 Å². The van der Waals surface area contributed by atoms with Gasteiger partial charge in [0.05, 0.1) is 12.1 Å². The summed E-state index contributed by atoms with van der Waals surface area (Å²) in [6.45, 7) is 3.65. The Labute approximate surface area is 383 Å². The Morgan fingerprint density at radius 2 is 0.955 bits per heavy atom. The average Bonchev–Trinajstić information content (AvgIpc) is 3.91. The van der Waals surface area contributed by atoms with Gasteiger partial charge in [-0.25, -0.2) is 24.2 Å². The zero-order valence-corrected chi connectivity index (χ0v) is 36.2. The number of amides is 4. The highest BCUT2D eigenvalue weighted by Crippen LogP contribution is 2.25. The molecule has 6 aromatic carbocycles. The monoisotopic (exact) mass is 886 g/mol. The molecule has 6 aromatic rings. The van der Waals surface area contributed by atoms with Crippen LogP contribution in [0.25, 0.3) is 22.3 Å². The van der Waals surface area contributed by atoms with Crippen LogP contribution >= 0.6 is 0 Å². The Hall–Kier alpha value is -7.83. The Kier molecular flexibility index (Phi) is 15.9. The fourth-order valence-corrected chi connectivity index (χ4v) is 7.76. The molecule has 12 heteroatoms. The molecule has 4 atom stereocenters. The fraction of sp³-hybridized carbons (Fsp3) is 0.204. The van der Waals surface area contributed by atoms with E-state index < -0.39 is 54.4 Å². The van der Waals surface area contributed by atoms with Gasteiger partial charge < -0.3 is 24.1 Å². The molecule has 8 rings (SSSR count). The first kappa shape index (κ1) is 46.2. The Morgan fingerprint density at radius 3 is 1.39 bits per heavy atom. The van der Waals surface area contributed by atoms with Crippen LogP contribution in [0.4, 0.5) is 14.4 Å². The molecule has 336 valence electrons. The summed E-state index contributed by atoms with van der Waals surface area (Å²) in [6, 6.07) is 53.4. The lowest BCUT2D eigenvalue weighted by atomic mass is 10.0. The van der Waals surface area contributed by atoms with Gasteiger partial charge in [-0.15, -0.1) is 0 Å². The lowest BCUT2D eigenvalue weighted by Gasteiger charge is -2.25. The first-order valence-electron chi connectivity index (χ1n) is 21.7. The highest BCUT2D eigenvalue weighted by Gasteiger charge is 2.43. The van der Waals surface area contributed by atoms with Crippen LogP contribution < -0.4 is 0 Å². The summed E-state index contributed by atoms with van der Waals surface area (Å²) in [5, 5.41) is 10.5. The van der Waals surface area contributed by atoms with E-state index in [1.54, 1.807) is 0 Å². The molecule has 12 nitrogen and oxygen atoms in total. The second-order valence-electron chi connectivity index (χ2n) is 15.8. The Bertz CT molecular complexity index is 2560. The molecule has 2 fully saturated rings. The van der Waals surface area contributed by atoms with E-state index in [1.807, 2.05) is 170 Å². The van der Waals surface area contributed by atoms with Crippen molar-refractivity contribution in [2.24, 2.45) is 0 Å². The first-order valence-corrected chi connectivity index (χ1v) is 21.7. The van der Waals surface area contributed by atoms with Crippen molar-refractivity contribution in [1.29, 1.82) is 0 Å². The predicted molar refractivity (Wildman–Crippen MR) is 248 cm³/mol. The summed E-state index contributed by atoms with van der Waals surface area (Å²) in [7, 11) is 0. The van der Waals surface area contributed by atoms with Crippen molar-refractivity contribution in [3.8, 4) is 22.3 Å². The zero-order chi connectivity index (χ0) is 46.3. The maximum atomic E-state index is 13.5. The number of aliphatic hydroxyl groups excluding tert-OH is 1. The SMILES string of the molecule is C=CCOC(=O)OC(Cc1ccc(-c2ccccc2)cc1)C(=O)N1C(=O)OC[C@@H]1Cc1ccccc1.O=C1OC[C@H](Cc2ccccc2)N1C(=O)C(O)Cc1ccc(-c2ccccc2)cc1. The number of hydrogen-bond acceptors (Lipinski definition) is 10. The molecule has 66 heavy (non-hydrogen) atoms. The summed E-state index contributed by atoms with van der Waals surface area (Å²) in [4.78, 5) is 65.4. The van der Waals surface area contributed by atoms with Crippen LogP contribution in [-0.2, 0) is 54.2 Å². The van der Waals surface area contributed by atoms with Crippen LogP contribution in [0.3, 0.4) is 0 Å². The number of hydrogen-bond donors (Lipinski definition) is 1. The molecule has 2 saturated heterocycles. The molecule has 0 saturated carbocycles. The van der Waals surface area contributed by atoms with Crippen molar-refractivity contribution < 1.29 is 48.0 Å². The molecule has 0 aliphatic carbocycles. The fourth-order valence-electron chi connectivity index (χ4n) is 7.76. The molecule has 0 bridgehead atoms. The minimum Gasteiger partial charge on any atom is -0.447 e. The van der Waals surface area contributed by atoms with Gasteiger partial charge in [-0.1, -0.05) is 183 Å². The zero-order valence-electron chi connectivity index (χ0n) is 36.2. The third-order valence-electron chi connectivity index (χ3n) is 11.1. The van der Waals surface area contributed by atoms with E-state index in [9.17, 15) is 29.1 Å². The van der Waals surface area contributed by atoms with Crippen LogP contribution in [0.2, 0.25) is 0 Å². The van der Waals surface area contributed by atoms with Gasteiger partial charge in [0, 0.05) is 12.8 Å². The first-order chi connectivity index (χ1) is 32.2. The largest absolute Gasteiger partial charge is 0.509 e. The third-order valence-corrected chi connectivity index (χ3v) is 11.1. The molecule has 0 spiro atoms. The molecule has 2 unspecified atom stereocenters. The number of carbonyl (C=O) groups is 5. The number of ether oxygens (including phenoxy) is 4. The molecule has 0 aromatic heterocycles. The van der Waals surface area contributed by atoms with Crippen molar-refractivity contribution >= 4 is 30.2 Å². The second kappa shape index (κ2) is 22.7. The van der Waals surface area contributed by atoms with E-state index in [0.717, 1.165) is 54.3 Å². The third kappa shape index (κ3) is 12.2. The number of nitrogens with zero attached hydrogens (tertiary/aromatic N) is 2. The highest BCUT2D eigenvalue weighted by atomic mass is 16.7. The smallest absolute Gasteiger partial charge is 0.447 e. The van der Waals surface area contributed by atoms with Crippen molar-refractivity contribution in [1.82, 2.24) is 9.80 Å². The standard InChI is InChI=1S/C29H27NO6.C25H23NO4/c1-2-17-34-29(33)36-26(19-22-13-15-24(16-14-22)23-11-7-4-8-12-23)27(31)30-25(20-35-28(30)32)18-21-9-5-3-6-10-21;27-23(16-19-11-13-21(14-12-19)20-9-5-2-6-10-20)24(28)26-22(17-30-25(26)29)15-18-7-3-1-4-8-18/h2-16,25-26H,1,17-20H2;1-14,22-23,27H,15-17H2/t25-,26?;22-,23?/m00/s1. The van der Waals surface area contributed by atoms with Crippen molar-refractivity contribution in [3.63, 3.8) is 0 Å². The van der Waals surface area contributed by atoms with Gasteiger partial charge in [0.2, 0.25) is 0 Å². The molecular weight excluding hydrogens is 837 g/mol. The summed E-state index contributed by atoms with van der Waals surface area (Å²) in [6.07, 6.45) is -2.52. The lowest BCUT2D eigenvalue weighted by molar-refractivity contribution is -0.139. The summed E-state index contributed by atoms with van der Waals surface area (Å²) < 4.78 is 20.6. The number of imide groups is 2. The van der Waals surface area contributed by atoms with Crippen LogP contribution in [0, 0.1) is 0 Å². The number of carbonyl (C=O) groups excluding carboxylic acids is 5. The van der Waals surface area contributed by atoms with Crippen LogP contribution in [-0.4, -0.2) is 89.2 Å². The van der Waals surface area contributed by atoms with Crippen LogP contribution in [0.5, 0.6) is 0 Å². The van der Waals surface area contributed by atoms with E-state index in [-0.39, 0.29) is 32.7 Å². The van der Waals surface area contributed by atoms with E-state index in [0.29, 0.717) is 12.8 Å². The second-order valence-corrected chi connectivity index (χ2v) is 15.8. The van der Waals surface area contributed by atoms with Crippen molar-refractivity contribution in [2.75, 3.05) is 19.8 Å². The van der Waals surface area contributed by atoms with E-state index in [4.69, 9.17) is 18.9 Å². The van der Waals surface area contributed by atoms with Crippen LogP contribution in [0.1, 0.15) is 22.3 Å². The van der Waals surface area contributed by atoms with Crippen LogP contribution in [0.15, 0.2) is 183 Å². The maximum Gasteiger partial charge on any atom is 0.509 e. The molecule has 2 aliphatic rings. The average molecular weight is 887 g/mol. The van der Waals surface area contributed by atoms with Gasteiger partial charge in [0.25, 0.3) is 11.8 Å². The number of cyclic esters (lactones) is 2. The number of rotatable bonds is 15. The predicted octanol–water partition coefficient (Wildman–Crippen LogP) is 9.04. The number of aliphatic hydroxyl groups is 1. The Balaban J connectivity index is 0.000000199. The molecule has 2 heterocycles. The van der Waals surface area contributed by atoms with Gasteiger partial charge in [-0.2, -0.15) is 0 Å². The van der Waals surface area contributed by atoms with Gasteiger partial charge in [0.15, 0.2) is 6.10 Å². The van der Waals surface area contributed by atoms with Gasteiger partial charge in [-0.3, -0.25) is 9.59 Å². The summed E-state index contributed by atoms with van der Waals surface area (Å²) in [5.74, 6) is -1.27. The Morgan fingerprint density at radius 1 is 0.561 bits per heavy atom. The van der Waals surface area contributed by atoms with Gasteiger partial charge >= 0.3 is 18.3 Å². The topological polar surface area (TPSA) is 149 Å². The number of benzene rings is 6. The van der Waals surface area contributed by atoms with Gasteiger partial charge in [-0.05, 0) is 57.3 Å². The molecule has 4 amide bonds. The normalized spacial score (nSPS) is 16.2. The quantitative estimate of drug-likeness (QED) is 0.0602. The minimum atomic E-state index is -1.31. The van der Waals surface area contributed by atoms with Crippen molar-refractivity contribution in [3.05, 3.63) is 205 Å². The molecule has 2 aliphatic heterocycles.